The van der Waals surface area contributed by atoms with Crippen LogP contribution in [0.25, 0.3) is 16.8 Å². The maximum Gasteiger partial charge on any atom is 0.344 e. The first-order valence-electron chi connectivity index (χ1n) is 10.9. The van der Waals surface area contributed by atoms with Gasteiger partial charge < -0.3 is 4.74 Å². The molecule has 1 aliphatic rings. The van der Waals surface area contributed by atoms with E-state index in [1.807, 2.05) is 30.3 Å². The van der Waals surface area contributed by atoms with E-state index in [0.717, 1.165) is 27.4 Å². The molecule has 1 fully saturated rings. The SMILES string of the molecule is O=C(Oc1ccccc1/C=C1\SC(=O)N(Cc2ccc(Cl)cc2Cl)C1=O)c1cccc2ccccc12. The van der Waals surface area contributed by atoms with Crippen molar-refractivity contribution in [2.24, 2.45) is 0 Å². The van der Waals surface area contributed by atoms with Crippen LogP contribution in [-0.4, -0.2) is 22.0 Å². The molecule has 8 heteroatoms. The van der Waals surface area contributed by atoms with Crippen molar-refractivity contribution in [3.8, 4) is 5.75 Å². The van der Waals surface area contributed by atoms with Gasteiger partial charge in [-0.05, 0) is 58.4 Å². The maximum atomic E-state index is 13.0. The minimum Gasteiger partial charge on any atom is -0.422 e. The molecular weight excluding hydrogens is 517 g/mol. The Labute approximate surface area is 221 Å². The lowest BCUT2D eigenvalue weighted by atomic mass is 10.0. The lowest BCUT2D eigenvalue weighted by molar-refractivity contribution is -0.123. The smallest absolute Gasteiger partial charge is 0.344 e. The van der Waals surface area contributed by atoms with Crippen LogP contribution in [0, 0.1) is 0 Å². The van der Waals surface area contributed by atoms with Crippen LogP contribution in [0.15, 0.2) is 89.8 Å². The standard InChI is InChI=1S/C28H17Cl2NO4S/c29-20-13-12-19(23(30)15-20)16-31-26(32)25(36-28(31)34)14-18-7-2-4-11-24(18)35-27(33)22-10-5-8-17-6-1-3-9-21(17)22/h1-15H,16H2/b25-14-. The summed E-state index contributed by atoms with van der Waals surface area (Å²) < 4.78 is 5.73. The highest BCUT2D eigenvalue weighted by atomic mass is 35.5. The number of benzene rings is 4. The van der Waals surface area contributed by atoms with Gasteiger partial charge in [0.25, 0.3) is 11.1 Å². The third kappa shape index (κ3) is 4.88. The first-order chi connectivity index (χ1) is 17.4. The molecule has 0 unspecified atom stereocenters. The number of carbonyl (C=O) groups is 3. The Morgan fingerprint density at radius 2 is 1.67 bits per heavy atom. The Hall–Kier alpha value is -3.58. The van der Waals surface area contributed by atoms with Crippen molar-refractivity contribution >= 4 is 68.9 Å². The zero-order valence-electron chi connectivity index (χ0n) is 18.6. The van der Waals surface area contributed by atoms with E-state index in [-0.39, 0.29) is 17.2 Å². The molecule has 1 aliphatic heterocycles. The van der Waals surface area contributed by atoms with Crippen LogP contribution in [0.5, 0.6) is 5.75 Å². The summed E-state index contributed by atoms with van der Waals surface area (Å²) in [6.45, 7) is 0.0235. The van der Waals surface area contributed by atoms with Crippen molar-refractivity contribution in [3.63, 3.8) is 0 Å². The van der Waals surface area contributed by atoms with E-state index in [1.54, 1.807) is 60.7 Å². The molecule has 5 rings (SSSR count). The first-order valence-corrected chi connectivity index (χ1v) is 12.5. The third-order valence-corrected chi connectivity index (χ3v) is 7.13. The van der Waals surface area contributed by atoms with Crippen LogP contribution >= 0.6 is 35.0 Å². The van der Waals surface area contributed by atoms with E-state index in [1.165, 1.54) is 0 Å². The fourth-order valence-electron chi connectivity index (χ4n) is 3.85. The van der Waals surface area contributed by atoms with Crippen molar-refractivity contribution in [1.82, 2.24) is 4.90 Å². The summed E-state index contributed by atoms with van der Waals surface area (Å²) in [4.78, 5) is 40.0. The Bertz CT molecular complexity index is 1560. The van der Waals surface area contributed by atoms with Crippen LogP contribution in [0.1, 0.15) is 21.5 Å². The average molecular weight is 534 g/mol. The number of para-hydroxylation sites is 1. The van der Waals surface area contributed by atoms with Crippen LogP contribution < -0.4 is 4.74 Å². The molecule has 0 saturated carbocycles. The van der Waals surface area contributed by atoms with Gasteiger partial charge in [-0.1, -0.05) is 83.9 Å². The summed E-state index contributed by atoms with van der Waals surface area (Å²) in [5, 5.41) is 2.13. The Balaban J connectivity index is 1.40. The number of thioether (sulfide) groups is 1. The number of hydrogen-bond donors (Lipinski definition) is 0. The predicted octanol–water partition coefficient (Wildman–Crippen LogP) is 7.60. The molecule has 4 aromatic carbocycles. The molecule has 36 heavy (non-hydrogen) atoms. The maximum absolute atomic E-state index is 13.0. The molecule has 1 saturated heterocycles. The minimum atomic E-state index is -0.516. The number of rotatable bonds is 5. The highest BCUT2D eigenvalue weighted by Gasteiger charge is 2.35. The van der Waals surface area contributed by atoms with E-state index < -0.39 is 17.1 Å². The second-order valence-corrected chi connectivity index (χ2v) is 9.79. The third-order valence-electron chi connectivity index (χ3n) is 5.63. The number of esters is 1. The molecule has 5 nitrogen and oxygen atoms in total. The summed E-state index contributed by atoms with van der Waals surface area (Å²) in [7, 11) is 0. The van der Waals surface area contributed by atoms with E-state index in [0.29, 0.717) is 26.7 Å². The molecule has 0 aromatic heterocycles. The molecule has 4 aromatic rings. The van der Waals surface area contributed by atoms with Crippen molar-refractivity contribution in [2.75, 3.05) is 0 Å². The number of halogens is 2. The predicted molar refractivity (Wildman–Crippen MR) is 143 cm³/mol. The second kappa shape index (κ2) is 10.2. The van der Waals surface area contributed by atoms with Gasteiger partial charge in [-0.25, -0.2) is 4.79 Å². The number of ether oxygens (including phenoxy) is 1. The largest absolute Gasteiger partial charge is 0.422 e. The molecule has 1 heterocycles. The molecule has 0 aliphatic carbocycles. The van der Waals surface area contributed by atoms with Gasteiger partial charge in [0.05, 0.1) is 17.0 Å². The normalized spacial score (nSPS) is 14.6. The molecule has 2 amide bonds. The summed E-state index contributed by atoms with van der Waals surface area (Å²) in [6.07, 6.45) is 1.56. The van der Waals surface area contributed by atoms with E-state index in [2.05, 4.69) is 0 Å². The molecular formula is C28H17Cl2NO4S. The first kappa shape index (κ1) is 24.1. The summed E-state index contributed by atoms with van der Waals surface area (Å²) in [5.41, 5.74) is 1.54. The van der Waals surface area contributed by atoms with Gasteiger partial charge in [0.2, 0.25) is 0 Å². The summed E-state index contributed by atoms with van der Waals surface area (Å²) in [6, 6.07) is 24.7. The van der Waals surface area contributed by atoms with Gasteiger partial charge >= 0.3 is 5.97 Å². The zero-order chi connectivity index (χ0) is 25.2. The Morgan fingerprint density at radius 1 is 0.917 bits per heavy atom. The Morgan fingerprint density at radius 3 is 2.50 bits per heavy atom. The number of hydrogen-bond acceptors (Lipinski definition) is 5. The second-order valence-electron chi connectivity index (χ2n) is 7.96. The van der Waals surface area contributed by atoms with E-state index >= 15 is 0 Å². The van der Waals surface area contributed by atoms with Crippen LogP contribution in [0.4, 0.5) is 4.79 Å². The lowest BCUT2D eigenvalue weighted by Crippen LogP contribution is -2.27. The topological polar surface area (TPSA) is 63.7 Å². The molecule has 0 atom stereocenters. The molecule has 0 spiro atoms. The fraction of sp³-hybridized carbons (Fsp3) is 0.0357. The highest BCUT2D eigenvalue weighted by molar-refractivity contribution is 8.18. The van der Waals surface area contributed by atoms with Crippen molar-refractivity contribution in [2.45, 2.75) is 6.54 Å². The van der Waals surface area contributed by atoms with E-state index in [4.69, 9.17) is 27.9 Å². The number of carbonyl (C=O) groups excluding carboxylic acids is 3. The van der Waals surface area contributed by atoms with Crippen molar-refractivity contribution in [1.29, 1.82) is 0 Å². The monoisotopic (exact) mass is 533 g/mol. The van der Waals surface area contributed by atoms with Crippen LogP contribution in [-0.2, 0) is 11.3 Å². The minimum absolute atomic E-state index is 0.0235. The van der Waals surface area contributed by atoms with Gasteiger partial charge in [0, 0.05) is 15.6 Å². The number of amides is 2. The zero-order valence-corrected chi connectivity index (χ0v) is 20.9. The van der Waals surface area contributed by atoms with Crippen molar-refractivity contribution < 1.29 is 19.1 Å². The molecule has 178 valence electrons. The van der Waals surface area contributed by atoms with Crippen LogP contribution in [0.3, 0.4) is 0 Å². The average Bonchev–Trinajstić information content (AvgIpc) is 3.13. The fourth-order valence-corrected chi connectivity index (χ4v) is 5.15. The summed E-state index contributed by atoms with van der Waals surface area (Å²) >= 11 is 13.0. The molecule has 0 N–H and O–H groups in total. The summed E-state index contributed by atoms with van der Waals surface area (Å²) in [5.74, 6) is -0.688. The van der Waals surface area contributed by atoms with Crippen molar-refractivity contribution in [3.05, 3.63) is 117 Å². The number of imide groups is 1. The van der Waals surface area contributed by atoms with Gasteiger partial charge in [-0.2, -0.15) is 0 Å². The van der Waals surface area contributed by atoms with Gasteiger partial charge in [0.15, 0.2) is 0 Å². The number of nitrogens with zero attached hydrogens (tertiary/aromatic N) is 1. The highest BCUT2D eigenvalue weighted by Crippen LogP contribution is 2.36. The van der Waals surface area contributed by atoms with Crippen LogP contribution in [0.2, 0.25) is 10.0 Å². The van der Waals surface area contributed by atoms with E-state index in [9.17, 15) is 14.4 Å². The van der Waals surface area contributed by atoms with Gasteiger partial charge in [-0.15, -0.1) is 0 Å². The van der Waals surface area contributed by atoms with Gasteiger partial charge in [0.1, 0.15) is 5.75 Å². The quantitative estimate of drug-likeness (QED) is 0.150. The molecule has 0 radical (unpaired) electrons. The van der Waals surface area contributed by atoms with Gasteiger partial charge in [-0.3, -0.25) is 14.5 Å². The number of fused-ring (bicyclic) bond motifs is 1. The lowest BCUT2D eigenvalue weighted by Gasteiger charge is -2.13. The Kier molecular flexibility index (Phi) is 6.83. The molecule has 0 bridgehead atoms.